The van der Waals surface area contributed by atoms with E-state index in [9.17, 15) is 26.3 Å². The van der Waals surface area contributed by atoms with E-state index in [0.29, 0.717) is 16.8 Å². The lowest BCUT2D eigenvalue weighted by molar-refractivity contribution is -0.274. The van der Waals surface area contributed by atoms with Crippen molar-refractivity contribution in [2.75, 3.05) is 0 Å². The van der Waals surface area contributed by atoms with E-state index in [1.54, 1.807) is 13.0 Å². The molecule has 0 aliphatic carbocycles. The zero-order valence-corrected chi connectivity index (χ0v) is 13.2. The molecule has 4 nitrogen and oxygen atoms in total. The number of rotatable bonds is 3. The van der Waals surface area contributed by atoms with Gasteiger partial charge in [-0.25, -0.2) is 0 Å². The second-order valence-electron chi connectivity index (χ2n) is 5.33. The second kappa shape index (κ2) is 6.19. The Morgan fingerprint density at radius 1 is 0.923 bits per heavy atom. The number of halogens is 6. The predicted molar refractivity (Wildman–Crippen MR) is 79.5 cm³/mol. The molecule has 0 aliphatic heterocycles. The molecule has 0 saturated heterocycles. The summed E-state index contributed by atoms with van der Waals surface area (Å²) in [4.78, 5) is 0. The zero-order chi connectivity index (χ0) is 19.1. The van der Waals surface area contributed by atoms with Crippen LogP contribution in [0.3, 0.4) is 0 Å². The maximum atomic E-state index is 13.2. The summed E-state index contributed by atoms with van der Waals surface area (Å²) in [5.74, 6) is -1.57. The van der Waals surface area contributed by atoms with Crippen molar-refractivity contribution in [3.8, 4) is 16.9 Å². The first-order chi connectivity index (χ1) is 12.1. The maximum Gasteiger partial charge on any atom is 0.573 e. The molecular weight excluding hydrogens is 364 g/mol. The Balaban J connectivity index is 2.10. The minimum atomic E-state index is -4.82. The highest BCUT2D eigenvalue weighted by atomic mass is 19.4. The number of ether oxygens (including phenoxy) is 1. The molecule has 0 unspecified atom stereocenters. The van der Waals surface area contributed by atoms with Crippen LogP contribution in [0.4, 0.5) is 26.3 Å². The fraction of sp³-hybridized carbons (Fsp3) is 0.250. The molecule has 2 aromatic heterocycles. The Hall–Kier alpha value is -2.78. The van der Waals surface area contributed by atoms with Crippen LogP contribution in [0.1, 0.15) is 18.4 Å². The SMILES string of the molecule is CCc1c(-c2ccc(OC(F)(F)F)cc2)ccc2nnc(C(F)(F)F)n12. The molecule has 0 fully saturated rings. The van der Waals surface area contributed by atoms with Gasteiger partial charge in [-0.3, -0.25) is 4.40 Å². The lowest BCUT2D eigenvalue weighted by Gasteiger charge is -2.14. The summed E-state index contributed by atoms with van der Waals surface area (Å²) in [6.45, 7) is 1.67. The van der Waals surface area contributed by atoms with Gasteiger partial charge in [-0.15, -0.1) is 23.4 Å². The first-order valence-corrected chi connectivity index (χ1v) is 7.40. The molecule has 3 aromatic rings. The van der Waals surface area contributed by atoms with E-state index in [2.05, 4.69) is 14.9 Å². The molecule has 138 valence electrons. The first kappa shape index (κ1) is 18.0. The van der Waals surface area contributed by atoms with Gasteiger partial charge in [-0.2, -0.15) is 13.2 Å². The third-order valence-electron chi connectivity index (χ3n) is 3.66. The lowest BCUT2D eigenvalue weighted by atomic mass is 10.0. The Bertz CT molecular complexity index is 928. The van der Waals surface area contributed by atoms with Gasteiger partial charge < -0.3 is 4.74 Å². The molecule has 0 N–H and O–H groups in total. The van der Waals surface area contributed by atoms with Gasteiger partial charge in [-0.1, -0.05) is 19.1 Å². The van der Waals surface area contributed by atoms with Crippen molar-refractivity contribution >= 4 is 5.65 Å². The van der Waals surface area contributed by atoms with Gasteiger partial charge in [0.2, 0.25) is 5.82 Å². The highest BCUT2D eigenvalue weighted by molar-refractivity contribution is 5.69. The smallest absolute Gasteiger partial charge is 0.406 e. The number of fused-ring (bicyclic) bond motifs is 1. The molecule has 0 saturated carbocycles. The first-order valence-electron chi connectivity index (χ1n) is 7.40. The average Bonchev–Trinajstić information content (AvgIpc) is 2.97. The standard InChI is InChI=1S/C16H11F6N3O/c1-2-12-11(9-3-5-10(6-4-9)26-16(20,21)22)7-8-13-23-24-14(25(12)13)15(17,18)19/h3-8H,2H2,1H3. The summed E-state index contributed by atoms with van der Waals surface area (Å²) >= 11 is 0. The van der Waals surface area contributed by atoms with Crippen LogP contribution in [0.15, 0.2) is 36.4 Å². The number of aromatic nitrogens is 3. The van der Waals surface area contributed by atoms with Crippen molar-refractivity contribution in [3.05, 3.63) is 47.9 Å². The highest BCUT2D eigenvalue weighted by Crippen LogP contribution is 2.33. The van der Waals surface area contributed by atoms with Crippen molar-refractivity contribution in [1.82, 2.24) is 14.6 Å². The van der Waals surface area contributed by atoms with Gasteiger partial charge in [0, 0.05) is 11.3 Å². The molecule has 10 heteroatoms. The Morgan fingerprint density at radius 3 is 2.12 bits per heavy atom. The molecule has 0 amide bonds. The zero-order valence-electron chi connectivity index (χ0n) is 13.2. The fourth-order valence-corrected chi connectivity index (χ4v) is 2.68. The van der Waals surface area contributed by atoms with E-state index in [1.807, 2.05) is 0 Å². The number of hydrogen-bond donors (Lipinski definition) is 0. The number of nitrogens with zero attached hydrogens (tertiary/aromatic N) is 3. The number of benzene rings is 1. The van der Waals surface area contributed by atoms with Crippen molar-refractivity contribution in [2.24, 2.45) is 0 Å². The summed E-state index contributed by atoms with van der Waals surface area (Å²) in [5, 5.41) is 6.74. The van der Waals surface area contributed by atoms with Gasteiger partial charge in [0.25, 0.3) is 0 Å². The quantitative estimate of drug-likeness (QED) is 0.613. The molecule has 2 heterocycles. The maximum absolute atomic E-state index is 13.2. The summed E-state index contributed by atoms with van der Waals surface area (Å²) in [6.07, 6.45) is -9.28. The number of alkyl halides is 6. The largest absolute Gasteiger partial charge is 0.573 e. The van der Waals surface area contributed by atoms with Gasteiger partial charge >= 0.3 is 12.5 Å². The summed E-state index contributed by atoms with van der Waals surface area (Å²) in [5.41, 5.74) is 1.21. The highest BCUT2D eigenvalue weighted by Gasteiger charge is 2.37. The Morgan fingerprint density at radius 2 is 1.58 bits per heavy atom. The topological polar surface area (TPSA) is 39.4 Å². The molecular formula is C16H11F6N3O. The monoisotopic (exact) mass is 375 g/mol. The summed E-state index contributed by atoms with van der Waals surface area (Å²) < 4.78 is 80.9. The average molecular weight is 375 g/mol. The van der Waals surface area contributed by atoms with Crippen LogP contribution < -0.4 is 4.74 Å². The van der Waals surface area contributed by atoms with Crippen LogP contribution in [-0.2, 0) is 12.6 Å². The van der Waals surface area contributed by atoms with Crippen molar-refractivity contribution in [1.29, 1.82) is 0 Å². The lowest BCUT2D eigenvalue weighted by Crippen LogP contribution is -2.17. The van der Waals surface area contributed by atoms with Crippen LogP contribution in [0.25, 0.3) is 16.8 Å². The van der Waals surface area contributed by atoms with Gasteiger partial charge in [0.15, 0.2) is 5.65 Å². The van der Waals surface area contributed by atoms with Gasteiger partial charge in [-0.05, 0) is 36.2 Å². The van der Waals surface area contributed by atoms with Crippen molar-refractivity contribution in [2.45, 2.75) is 25.9 Å². The molecule has 0 bridgehead atoms. The van der Waals surface area contributed by atoms with E-state index in [-0.39, 0.29) is 12.1 Å². The minimum Gasteiger partial charge on any atom is -0.406 e. The second-order valence-corrected chi connectivity index (χ2v) is 5.33. The van der Waals surface area contributed by atoms with Gasteiger partial charge in [0.1, 0.15) is 5.75 Å². The number of aryl methyl sites for hydroxylation is 1. The molecule has 1 aromatic carbocycles. The molecule has 3 rings (SSSR count). The van der Waals surface area contributed by atoms with Crippen LogP contribution in [0.5, 0.6) is 5.75 Å². The molecule has 0 radical (unpaired) electrons. The molecule has 0 spiro atoms. The van der Waals surface area contributed by atoms with Crippen LogP contribution in [0.2, 0.25) is 0 Å². The predicted octanol–water partition coefficient (Wildman–Crippen LogP) is 4.88. The number of pyridine rings is 1. The fourth-order valence-electron chi connectivity index (χ4n) is 2.68. The Labute approximate surface area is 143 Å². The molecule has 26 heavy (non-hydrogen) atoms. The third-order valence-corrected chi connectivity index (χ3v) is 3.66. The van der Waals surface area contributed by atoms with E-state index in [1.165, 1.54) is 18.2 Å². The number of hydrogen-bond acceptors (Lipinski definition) is 3. The van der Waals surface area contributed by atoms with Gasteiger partial charge in [0.05, 0.1) is 0 Å². The van der Waals surface area contributed by atoms with Crippen LogP contribution >= 0.6 is 0 Å². The minimum absolute atomic E-state index is 0.0370. The molecule has 0 aliphatic rings. The van der Waals surface area contributed by atoms with Crippen molar-refractivity contribution < 1.29 is 31.1 Å². The van der Waals surface area contributed by atoms with E-state index in [4.69, 9.17) is 0 Å². The van der Waals surface area contributed by atoms with E-state index in [0.717, 1.165) is 16.5 Å². The molecule has 0 atom stereocenters. The van der Waals surface area contributed by atoms with Crippen molar-refractivity contribution in [3.63, 3.8) is 0 Å². The van der Waals surface area contributed by atoms with Crippen LogP contribution in [0, 0.1) is 0 Å². The Kier molecular flexibility index (Phi) is 4.29. The van der Waals surface area contributed by atoms with Crippen LogP contribution in [-0.4, -0.2) is 21.0 Å². The van der Waals surface area contributed by atoms with E-state index < -0.39 is 24.1 Å². The third kappa shape index (κ3) is 3.44. The summed E-state index contributed by atoms with van der Waals surface area (Å²) in [6, 6.07) is 7.82. The normalized spacial score (nSPS) is 12.6. The summed E-state index contributed by atoms with van der Waals surface area (Å²) in [7, 11) is 0. The van der Waals surface area contributed by atoms with E-state index >= 15 is 0 Å².